The molecule has 0 aliphatic carbocycles. The van der Waals surface area contributed by atoms with Gasteiger partial charge in [0, 0.05) is 22.8 Å². The first-order valence-corrected chi connectivity index (χ1v) is 11.0. The van der Waals surface area contributed by atoms with Gasteiger partial charge in [0.2, 0.25) is 0 Å². The van der Waals surface area contributed by atoms with Gasteiger partial charge in [-0.1, -0.05) is 29.8 Å². The number of hydrogen-bond acceptors (Lipinski definition) is 3. The fraction of sp³-hybridized carbons (Fsp3) is 0.174. The van der Waals surface area contributed by atoms with Crippen LogP contribution in [-0.2, 0) is 13.1 Å². The van der Waals surface area contributed by atoms with Crippen LogP contribution in [0.4, 0.5) is 10.2 Å². The summed E-state index contributed by atoms with van der Waals surface area (Å²) in [6, 6.07) is 13.3. The molecule has 0 aliphatic heterocycles. The number of aryl methyl sites for hydroxylation is 1. The summed E-state index contributed by atoms with van der Waals surface area (Å²) >= 11 is 9.62. The van der Waals surface area contributed by atoms with Crippen LogP contribution in [0.5, 0.6) is 0 Å². The fourth-order valence-electron chi connectivity index (χ4n) is 3.34. The molecule has 0 saturated carbocycles. The Morgan fingerprint density at radius 1 is 1.12 bits per heavy atom. The topological polar surface area (TPSA) is 64.7 Å². The average molecular weight is 517 g/mol. The molecule has 4 aromatic rings. The van der Waals surface area contributed by atoms with Crippen LogP contribution in [0.2, 0.25) is 5.02 Å². The predicted molar refractivity (Wildman–Crippen MR) is 126 cm³/mol. The molecule has 2 aromatic carbocycles. The Hall–Kier alpha value is -2.97. The van der Waals surface area contributed by atoms with Gasteiger partial charge >= 0.3 is 0 Å². The lowest BCUT2D eigenvalue weighted by Crippen LogP contribution is -2.14. The van der Waals surface area contributed by atoms with E-state index in [0.717, 1.165) is 27.0 Å². The lowest BCUT2D eigenvalue weighted by atomic mass is 10.1. The Balaban J connectivity index is 1.44. The van der Waals surface area contributed by atoms with E-state index in [0.29, 0.717) is 29.5 Å². The van der Waals surface area contributed by atoms with Crippen LogP contribution in [-0.4, -0.2) is 25.5 Å². The molecule has 2 aromatic heterocycles. The van der Waals surface area contributed by atoms with Gasteiger partial charge in [-0.3, -0.25) is 14.2 Å². The third kappa shape index (κ3) is 4.92. The van der Waals surface area contributed by atoms with Gasteiger partial charge in [0.15, 0.2) is 5.82 Å². The van der Waals surface area contributed by atoms with Crippen LogP contribution in [0.25, 0.3) is 0 Å². The SMILES string of the molecule is Cc1nn(Cc2cccc(C(=O)Nc3ccn(Cc4ccc(F)cc4Cl)n3)c2)c(C)c1Br. The van der Waals surface area contributed by atoms with Crippen molar-refractivity contribution in [2.45, 2.75) is 26.9 Å². The first kappa shape index (κ1) is 22.2. The summed E-state index contributed by atoms with van der Waals surface area (Å²) in [6.07, 6.45) is 1.73. The zero-order valence-corrected chi connectivity index (χ0v) is 19.8. The van der Waals surface area contributed by atoms with E-state index in [4.69, 9.17) is 11.6 Å². The molecule has 1 amide bonds. The van der Waals surface area contributed by atoms with Crippen molar-refractivity contribution in [2.75, 3.05) is 5.32 Å². The zero-order chi connectivity index (χ0) is 22.8. The molecular formula is C23H20BrClFN5O. The minimum absolute atomic E-state index is 0.258. The highest BCUT2D eigenvalue weighted by atomic mass is 79.9. The van der Waals surface area contributed by atoms with Crippen molar-refractivity contribution < 1.29 is 9.18 Å². The number of aromatic nitrogens is 4. The molecule has 1 N–H and O–H groups in total. The van der Waals surface area contributed by atoms with Gasteiger partial charge in [0.05, 0.1) is 29.0 Å². The van der Waals surface area contributed by atoms with Crippen LogP contribution in [0.15, 0.2) is 59.2 Å². The Morgan fingerprint density at radius 2 is 1.94 bits per heavy atom. The first-order valence-electron chi connectivity index (χ1n) is 9.87. The second-order valence-corrected chi connectivity index (χ2v) is 8.63. The molecule has 0 bridgehead atoms. The van der Waals surface area contributed by atoms with E-state index in [9.17, 15) is 9.18 Å². The Bertz CT molecular complexity index is 1300. The van der Waals surface area contributed by atoms with Crippen LogP contribution < -0.4 is 5.32 Å². The molecule has 2 heterocycles. The molecule has 0 unspecified atom stereocenters. The summed E-state index contributed by atoms with van der Waals surface area (Å²) in [4.78, 5) is 12.7. The highest BCUT2D eigenvalue weighted by Gasteiger charge is 2.12. The maximum absolute atomic E-state index is 13.2. The number of anilines is 1. The van der Waals surface area contributed by atoms with E-state index in [2.05, 4.69) is 31.4 Å². The monoisotopic (exact) mass is 515 g/mol. The van der Waals surface area contributed by atoms with E-state index < -0.39 is 0 Å². The van der Waals surface area contributed by atoms with Crippen LogP contribution >= 0.6 is 27.5 Å². The van der Waals surface area contributed by atoms with Crippen molar-refractivity contribution in [1.82, 2.24) is 19.6 Å². The van der Waals surface area contributed by atoms with E-state index in [-0.39, 0.29) is 11.7 Å². The summed E-state index contributed by atoms with van der Waals surface area (Å²) < 4.78 is 17.7. The predicted octanol–water partition coefficient (Wildman–Crippen LogP) is 5.60. The van der Waals surface area contributed by atoms with E-state index >= 15 is 0 Å². The molecule has 0 radical (unpaired) electrons. The molecule has 0 atom stereocenters. The lowest BCUT2D eigenvalue weighted by molar-refractivity contribution is 0.102. The third-order valence-electron chi connectivity index (χ3n) is 5.04. The summed E-state index contributed by atoms with van der Waals surface area (Å²) in [5, 5.41) is 12.0. The Morgan fingerprint density at radius 3 is 2.66 bits per heavy atom. The maximum Gasteiger partial charge on any atom is 0.256 e. The smallest absolute Gasteiger partial charge is 0.256 e. The fourth-order valence-corrected chi connectivity index (χ4v) is 3.85. The molecule has 164 valence electrons. The van der Waals surface area contributed by atoms with Crippen LogP contribution in [0.1, 0.15) is 32.9 Å². The van der Waals surface area contributed by atoms with Gasteiger partial charge in [-0.2, -0.15) is 10.2 Å². The lowest BCUT2D eigenvalue weighted by Gasteiger charge is -2.08. The van der Waals surface area contributed by atoms with E-state index in [1.807, 2.05) is 36.7 Å². The molecule has 32 heavy (non-hydrogen) atoms. The minimum atomic E-state index is -0.389. The maximum atomic E-state index is 13.2. The number of nitrogens with one attached hydrogen (secondary N) is 1. The summed E-state index contributed by atoms with van der Waals surface area (Å²) in [5.74, 6) is -0.229. The molecule has 0 spiro atoms. The van der Waals surface area contributed by atoms with Gasteiger partial charge in [-0.25, -0.2) is 4.39 Å². The van der Waals surface area contributed by atoms with Gasteiger partial charge < -0.3 is 5.32 Å². The van der Waals surface area contributed by atoms with Gasteiger partial charge in [-0.15, -0.1) is 0 Å². The number of halogens is 3. The number of hydrogen-bond donors (Lipinski definition) is 1. The van der Waals surface area contributed by atoms with Crippen molar-refractivity contribution in [3.8, 4) is 0 Å². The van der Waals surface area contributed by atoms with Crippen molar-refractivity contribution >= 4 is 39.3 Å². The summed E-state index contributed by atoms with van der Waals surface area (Å²) in [6.45, 7) is 4.87. The van der Waals surface area contributed by atoms with Crippen molar-refractivity contribution in [3.05, 3.63) is 98.1 Å². The molecule has 0 aliphatic rings. The number of rotatable bonds is 6. The van der Waals surface area contributed by atoms with Crippen LogP contribution in [0, 0.1) is 19.7 Å². The highest BCUT2D eigenvalue weighted by Crippen LogP contribution is 2.21. The highest BCUT2D eigenvalue weighted by molar-refractivity contribution is 9.10. The standard InChI is InChI=1S/C23H20BrClFN5O/c1-14-22(24)15(2)31(28-14)12-16-4-3-5-17(10-16)23(32)27-21-8-9-30(29-21)13-18-6-7-19(26)11-20(18)25/h3-11H,12-13H2,1-2H3,(H,27,29,32). The summed E-state index contributed by atoms with van der Waals surface area (Å²) in [7, 11) is 0. The van der Waals surface area contributed by atoms with Gasteiger partial charge in [0.1, 0.15) is 5.82 Å². The average Bonchev–Trinajstić information content (AvgIpc) is 3.30. The second kappa shape index (κ2) is 9.26. The number of nitrogens with zero attached hydrogens (tertiary/aromatic N) is 4. The summed E-state index contributed by atoms with van der Waals surface area (Å²) in [5.41, 5.74) is 4.18. The van der Waals surface area contributed by atoms with Gasteiger partial charge in [0.25, 0.3) is 5.91 Å². The van der Waals surface area contributed by atoms with Crippen molar-refractivity contribution in [3.63, 3.8) is 0 Å². The van der Waals surface area contributed by atoms with Gasteiger partial charge in [-0.05, 0) is 65.2 Å². The Labute approximate surface area is 198 Å². The first-order chi connectivity index (χ1) is 15.3. The van der Waals surface area contributed by atoms with Crippen molar-refractivity contribution in [1.29, 1.82) is 0 Å². The molecule has 4 rings (SSSR count). The molecule has 0 fully saturated rings. The van der Waals surface area contributed by atoms with Crippen LogP contribution in [0.3, 0.4) is 0 Å². The minimum Gasteiger partial charge on any atom is -0.305 e. The number of carbonyl (C=O) groups is 1. The number of amides is 1. The zero-order valence-electron chi connectivity index (χ0n) is 17.4. The molecule has 9 heteroatoms. The number of benzene rings is 2. The van der Waals surface area contributed by atoms with E-state index in [1.54, 1.807) is 29.1 Å². The number of carbonyl (C=O) groups excluding carboxylic acids is 1. The largest absolute Gasteiger partial charge is 0.305 e. The third-order valence-corrected chi connectivity index (χ3v) is 6.54. The quantitative estimate of drug-likeness (QED) is 0.363. The Kier molecular flexibility index (Phi) is 6.43. The molecule has 6 nitrogen and oxygen atoms in total. The van der Waals surface area contributed by atoms with E-state index in [1.165, 1.54) is 12.1 Å². The molecular weight excluding hydrogens is 497 g/mol. The normalized spacial score (nSPS) is 11.0. The molecule has 0 saturated heterocycles. The second-order valence-electron chi connectivity index (χ2n) is 7.43. The van der Waals surface area contributed by atoms with Crippen molar-refractivity contribution in [2.24, 2.45) is 0 Å².